The predicted octanol–water partition coefficient (Wildman–Crippen LogP) is 2.86. The molecule has 2 atom stereocenters. The summed E-state index contributed by atoms with van der Waals surface area (Å²) in [5.41, 5.74) is 4.81. The Hall–Kier alpha value is -4.07. The van der Waals surface area contributed by atoms with E-state index in [1.165, 1.54) is 0 Å². The highest BCUT2D eigenvalue weighted by Crippen LogP contribution is 2.33. The zero-order chi connectivity index (χ0) is 22.4. The van der Waals surface area contributed by atoms with Gasteiger partial charge in [0.1, 0.15) is 11.0 Å². The van der Waals surface area contributed by atoms with Crippen molar-refractivity contribution in [2.24, 2.45) is 11.8 Å². The number of hydrogen-bond acceptors (Lipinski definition) is 5. The lowest BCUT2D eigenvalue weighted by atomic mass is 10.0. The van der Waals surface area contributed by atoms with Gasteiger partial charge < -0.3 is 9.80 Å². The highest BCUT2D eigenvalue weighted by Gasteiger charge is 2.43. The predicted molar refractivity (Wildman–Crippen MR) is 122 cm³/mol. The molecule has 8 heteroatoms. The SMILES string of the molecule is O=C(c1ccc(-c2cccnc2)cc1)N1C[C@@H]2CN(C(=O)c3ccc4n[nH]nc4c3)C[C@H]2C1. The van der Waals surface area contributed by atoms with Crippen LogP contribution in [0.1, 0.15) is 20.7 Å². The summed E-state index contributed by atoms with van der Waals surface area (Å²) in [5, 5.41) is 10.7. The molecule has 2 aliphatic heterocycles. The molecule has 0 aliphatic carbocycles. The van der Waals surface area contributed by atoms with E-state index in [2.05, 4.69) is 20.4 Å². The van der Waals surface area contributed by atoms with Crippen LogP contribution in [0.3, 0.4) is 0 Å². The first-order valence-electron chi connectivity index (χ1n) is 11.1. The molecule has 2 aromatic heterocycles. The standard InChI is InChI=1S/C25H22N6O2/c32-24(17-5-3-16(4-6-17)19-2-1-9-26-11-19)30-12-20-14-31(15-21(20)13-30)25(33)18-7-8-22-23(10-18)28-29-27-22/h1-11,20-21H,12-15H2,(H,27,28,29)/t20-,21-/m1/s1. The van der Waals surface area contributed by atoms with E-state index in [-0.39, 0.29) is 11.8 Å². The molecule has 0 spiro atoms. The van der Waals surface area contributed by atoms with Gasteiger partial charge in [-0.05, 0) is 47.5 Å². The number of likely N-dealkylation sites (tertiary alicyclic amines) is 2. The van der Waals surface area contributed by atoms with Crippen molar-refractivity contribution in [3.05, 3.63) is 78.1 Å². The summed E-state index contributed by atoms with van der Waals surface area (Å²) in [4.78, 5) is 34.1. The lowest BCUT2D eigenvalue weighted by molar-refractivity contribution is 0.0738. The Morgan fingerprint density at radius 3 is 2.06 bits per heavy atom. The van der Waals surface area contributed by atoms with Crippen molar-refractivity contribution in [1.82, 2.24) is 30.2 Å². The maximum absolute atomic E-state index is 13.1. The average molecular weight is 438 g/mol. The molecule has 4 heterocycles. The number of amides is 2. The quantitative estimate of drug-likeness (QED) is 0.531. The average Bonchev–Trinajstić information content (AvgIpc) is 3.58. The third-order valence-electron chi connectivity index (χ3n) is 6.75. The van der Waals surface area contributed by atoms with Gasteiger partial charge in [0.25, 0.3) is 11.8 Å². The van der Waals surface area contributed by atoms with Gasteiger partial charge in [0, 0.05) is 61.5 Å². The van der Waals surface area contributed by atoms with E-state index in [0.29, 0.717) is 54.7 Å². The molecular weight excluding hydrogens is 416 g/mol. The monoisotopic (exact) mass is 438 g/mol. The Kier molecular flexibility index (Phi) is 4.64. The van der Waals surface area contributed by atoms with E-state index >= 15 is 0 Å². The van der Waals surface area contributed by atoms with Crippen LogP contribution in [0.2, 0.25) is 0 Å². The number of fused-ring (bicyclic) bond motifs is 2. The Morgan fingerprint density at radius 1 is 0.758 bits per heavy atom. The Balaban J connectivity index is 1.10. The second-order valence-corrected chi connectivity index (χ2v) is 8.79. The molecule has 164 valence electrons. The molecule has 2 saturated heterocycles. The Morgan fingerprint density at radius 2 is 1.39 bits per heavy atom. The van der Waals surface area contributed by atoms with Gasteiger partial charge in [0.2, 0.25) is 0 Å². The molecule has 6 rings (SSSR count). The first kappa shape index (κ1) is 19.6. The summed E-state index contributed by atoms with van der Waals surface area (Å²) in [5.74, 6) is 0.682. The normalized spacial score (nSPS) is 19.8. The molecule has 2 aliphatic rings. The summed E-state index contributed by atoms with van der Waals surface area (Å²) in [7, 11) is 0. The third-order valence-corrected chi connectivity index (χ3v) is 6.75. The number of carbonyl (C=O) groups is 2. The zero-order valence-corrected chi connectivity index (χ0v) is 17.9. The lowest BCUT2D eigenvalue weighted by Crippen LogP contribution is -2.35. The van der Waals surface area contributed by atoms with Crippen molar-refractivity contribution in [3.8, 4) is 11.1 Å². The van der Waals surface area contributed by atoms with Crippen molar-refractivity contribution in [2.75, 3.05) is 26.2 Å². The number of aromatic nitrogens is 4. The fourth-order valence-electron chi connectivity index (χ4n) is 5.00. The first-order valence-corrected chi connectivity index (χ1v) is 11.1. The van der Waals surface area contributed by atoms with Gasteiger partial charge in [-0.1, -0.05) is 18.2 Å². The van der Waals surface area contributed by atoms with E-state index in [9.17, 15) is 9.59 Å². The summed E-state index contributed by atoms with van der Waals surface area (Å²) < 4.78 is 0. The van der Waals surface area contributed by atoms with Crippen LogP contribution in [-0.4, -0.2) is 68.2 Å². The van der Waals surface area contributed by atoms with Crippen LogP contribution in [0.15, 0.2) is 67.0 Å². The van der Waals surface area contributed by atoms with Crippen LogP contribution >= 0.6 is 0 Å². The summed E-state index contributed by atoms with van der Waals surface area (Å²) in [6.07, 6.45) is 3.56. The largest absolute Gasteiger partial charge is 0.338 e. The van der Waals surface area contributed by atoms with Gasteiger partial charge in [-0.15, -0.1) is 0 Å². The maximum atomic E-state index is 13.1. The van der Waals surface area contributed by atoms with Crippen LogP contribution in [0.25, 0.3) is 22.2 Å². The highest BCUT2D eigenvalue weighted by molar-refractivity contribution is 5.97. The second kappa shape index (κ2) is 7.81. The minimum Gasteiger partial charge on any atom is -0.338 e. The lowest BCUT2D eigenvalue weighted by Gasteiger charge is -2.22. The molecule has 0 saturated carbocycles. The molecule has 2 amide bonds. The molecule has 8 nitrogen and oxygen atoms in total. The highest BCUT2D eigenvalue weighted by atomic mass is 16.2. The molecule has 1 N–H and O–H groups in total. The topological polar surface area (TPSA) is 95.1 Å². The van der Waals surface area contributed by atoms with Gasteiger partial charge >= 0.3 is 0 Å². The van der Waals surface area contributed by atoms with Crippen molar-refractivity contribution >= 4 is 22.8 Å². The third kappa shape index (κ3) is 3.53. The summed E-state index contributed by atoms with van der Waals surface area (Å²) >= 11 is 0. The minimum atomic E-state index is 0.0122. The van der Waals surface area contributed by atoms with Crippen LogP contribution in [0, 0.1) is 11.8 Å². The van der Waals surface area contributed by atoms with Crippen molar-refractivity contribution in [1.29, 1.82) is 0 Å². The number of rotatable bonds is 3. The van der Waals surface area contributed by atoms with Gasteiger partial charge in [-0.3, -0.25) is 14.6 Å². The molecule has 0 radical (unpaired) electrons. The Labute approximate surface area is 190 Å². The van der Waals surface area contributed by atoms with E-state index in [0.717, 1.165) is 16.6 Å². The number of nitrogens with one attached hydrogen (secondary N) is 1. The summed E-state index contributed by atoms with van der Waals surface area (Å²) in [6.45, 7) is 2.70. The van der Waals surface area contributed by atoms with Gasteiger partial charge in [0.15, 0.2) is 0 Å². The van der Waals surface area contributed by atoms with Crippen molar-refractivity contribution < 1.29 is 9.59 Å². The van der Waals surface area contributed by atoms with Crippen LogP contribution < -0.4 is 0 Å². The Bertz CT molecular complexity index is 1320. The van der Waals surface area contributed by atoms with Gasteiger partial charge in [0.05, 0.1) is 0 Å². The first-order chi connectivity index (χ1) is 16.2. The van der Waals surface area contributed by atoms with E-state index in [1.54, 1.807) is 18.3 Å². The number of nitrogens with zero attached hydrogens (tertiary/aromatic N) is 5. The smallest absolute Gasteiger partial charge is 0.253 e. The van der Waals surface area contributed by atoms with Gasteiger partial charge in [-0.2, -0.15) is 15.4 Å². The fraction of sp³-hybridized carbons (Fsp3) is 0.240. The molecule has 33 heavy (non-hydrogen) atoms. The minimum absolute atomic E-state index is 0.0122. The van der Waals surface area contributed by atoms with Crippen molar-refractivity contribution in [2.45, 2.75) is 0 Å². The van der Waals surface area contributed by atoms with Crippen LogP contribution in [0.4, 0.5) is 0 Å². The van der Waals surface area contributed by atoms with Crippen LogP contribution in [-0.2, 0) is 0 Å². The molecule has 2 aromatic carbocycles. The zero-order valence-electron chi connectivity index (χ0n) is 17.9. The van der Waals surface area contributed by atoms with E-state index in [4.69, 9.17) is 0 Å². The molecule has 0 unspecified atom stereocenters. The number of aromatic amines is 1. The van der Waals surface area contributed by atoms with Gasteiger partial charge in [-0.25, -0.2) is 0 Å². The number of carbonyl (C=O) groups excluding carboxylic acids is 2. The van der Waals surface area contributed by atoms with Crippen molar-refractivity contribution in [3.63, 3.8) is 0 Å². The maximum Gasteiger partial charge on any atom is 0.253 e. The molecular formula is C25H22N6O2. The number of hydrogen-bond donors (Lipinski definition) is 1. The van der Waals surface area contributed by atoms with E-state index in [1.807, 2.05) is 58.5 Å². The number of benzene rings is 2. The summed E-state index contributed by atoms with van der Waals surface area (Å²) in [6, 6.07) is 17.0. The fourth-order valence-corrected chi connectivity index (χ4v) is 5.00. The number of pyridine rings is 1. The van der Waals surface area contributed by atoms with E-state index < -0.39 is 0 Å². The molecule has 4 aromatic rings. The second-order valence-electron chi connectivity index (χ2n) is 8.79. The molecule has 0 bridgehead atoms. The molecule has 2 fully saturated rings. The number of H-pyrrole nitrogens is 1. The van der Waals surface area contributed by atoms with Crippen LogP contribution in [0.5, 0.6) is 0 Å².